The summed E-state index contributed by atoms with van der Waals surface area (Å²) in [6.45, 7) is 11.5. The Hall–Kier alpha value is -0.0800. The van der Waals surface area contributed by atoms with Gasteiger partial charge in [-0.3, -0.25) is 4.90 Å². The van der Waals surface area contributed by atoms with E-state index in [1.807, 2.05) is 0 Å². The first-order chi connectivity index (χ1) is 6.31. The van der Waals surface area contributed by atoms with Crippen LogP contribution in [0.1, 0.15) is 53.9 Å². The van der Waals surface area contributed by atoms with Crippen molar-refractivity contribution in [3.05, 3.63) is 0 Å². The van der Waals surface area contributed by atoms with Crippen molar-refractivity contribution < 1.29 is 5.11 Å². The van der Waals surface area contributed by atoms with E-state index in [1.165, 1.54) is 0 Å². The number of rotatable bonds is 6. The molecule has 0 amide bonds. The van der Waals surface area contributed by atoms with Gasteiger partial charge in [0, 0.05) is 12.1 Å². The SMILES string of the molecule is CCC(O)(CC)CN(C)C(C)(C)CC. The van der Waals surface area contributed by atoms with Gasteiger partial charge in [-0.2, -0.15) is 0 Å². The molecule has 0 heterocycles. The second-order valence-corrected chi connectivity index (χ2v) is 4.95. The topological polar surface area (TPSA) is 23.5 Å². The lowest BCUT2D eigenvalue weighted by Crippen LogP contribution is -2.49. The van der Waals surface area contributed by atoms with Crippen molar-refractivity contribution in [1.29, 1.82) is 0 Å². The Bertz CT molecular complexity index is 162. The fraction of sp³-hybridized carbons (Fsp3) is 1.00. The Morgan fingerprint density at radius 1 is 1.00 bits per heavy atom. The third kappa shape index (κ3) is 3.58. The Balaban J connectivity index is 4.36. The van der Waals surface area contributed by atoms with Gasteiger partial charge in [-0.1, -0.05) is 20.8 Å². The second-order valence-electron chi connectivity index (χ2n) is 4.95. The van der Waals surface area contributed by atoms with E-state index in [4.69, 9.17) is 0 Å². The second kappa shape index (κ2) is 5.13. The Kier molecular flexibility index (Phi) is 5.10. The minimum atomic E-state index is -0.513. The number of aliphatic hydroxyl groups is 1. The van der Waals surface area contributed by atoms with Gasteiger partial charge in [0.05, 0.1) is 5.60 Å². The molecule has 2 nitrogen and oxygen atoms in total. The van der Waals surface area contributed by atoms with Crippen molar-refractivity contribution in [3.8, 4) is 0 Å². The van der Waals surface area contributed by atoms with Crippen LogP contribution in [0.2, 0.25) is 0 Å². The zero-order chi connectivity index (χ0) is 11.4. The molecule has 0 aromatic rings. The first kappa shape index (κ1) is 13.9. The van der Waals surface area contributed by atoms with Crippen LogP contribution in [0.5, 0.6) is 0 Å². The molecule has 86 valence electrons. The lowest BCUT2D eigenvalue weighted by atomic mass is 9.93. The maximum Gasteiger partial charge on any atom is 0.0768 e. The molecule has 0 radical (unpaired) electrons. The van der Waals surface area contributed by atoms with Crippen LogP contribution in [0.15, 0.2) is 0 Å². The van der Waals surface area contributed by atoms with Crippen LogP contribution in [0.25, 0.3) is 0 Å². The van der Waals surface area contributed by atoms with Crippen molar-refractivity contribution in [2.45, 2.75) is 65.0 Å². The van der Waals surface area contributed by atoms with Crippen LogP contribution in [0.4, 0.5) is 0 Å². The van der Waals surface area contributed by atoms with Gasteiger partial charge in [0.1, 0.15) is 0 Å². The smallest absolute Gasteiger partial charge is 0.0768 e. The highest BCUT2D eigenvalue weighted by Gasteiger charge is 2.30. The third-order valence-electron chi connectivity index (χ3n) is 3.75. The fourth-order valence-corrected chi connectivity index (χ4v) is 1.40. The van der Waals surface area contributed by atoms with E-state index in [0.29, 0.717) is 0 Å². The molecule has 14 heavy (non-hydrogen) atoms. The van der Waals surface area contributed by atoms with Crippen molar-refractivity contribution in [2.24, 2.45) is 0 Å². The van der Waals surface area contributed by atoms with Gasteiger partial charge in [0.15, 0.2) is 0 Å². The van der Waals surface area contributed by atoms with Gasteiger partial charge in [-0.25, -0.2) is 0 Å². The van der Waals surface area contributed by atoms with Gasteiger partial charge in [0.2, 0.25) is 0 Å². The first-order valence-electron chi connectivity index (χ1n) is 5.75. The minimum absolute atomic E-state index is 0.179. The molecule has 1 N–H and O–H groups in total. The molecule has 2 heteroatoms. The summed E-state index contributed by atoms with van der Waals surface area (Å²) in [6, 6.07) is 0. The Morgan fingerprint density at radius 3 is 1.71 bits per heavy atom. The zero-order valence-corrected chi connectivity index (χ0v) is 10.7. The Morgan fingerprint density at radius 2 is 1.43 bits per heavy atom. The van der Waals surface area contributed by atoms with Crippen molar-refractivity contribution in [2.75, 3.05) is 13.6 Å². The maximum atomic E-state index is 10.2. The van der Waals surface area contributed by atoms with E-state index in [-0.39, 0.29) is 5.54 Å². The molecule has 0 saturated heterocycles. The molecule has 0 unspecified atom stereocenters. The van der Waals surface area contributed by atoms with Gasteiger partial charge < -0.3 is 5.11 Å². The maximum absolute atomic E-state index is 10.2. The van der Waals surface area contributed by atoms with Crippen LogP contribution in [0.3, 0.4) is 0 Å². The molecule has 0 aliphatic carbocycles. The van der Waals surface area contributed by atoms with Crippen LogP contribution < -0.4 is 0 Å². The Labute approximate surface area is 89.3 Å². The highest BCUT2D eigenvalue weighted by atomic mass is 16.3. The molecular weight excluding hydrogens is 174 g/mol. The van der Waals surface area contributed by atoms with Crippen molar-refractivity contribution in [1.82, 2.24) is 4.90 Å². The number of likely N-dealkylation sites (N-methyl/N-ethyl adjacent to an activating group) is 1. The van der Waals surface area contributed by atoms with Crippen LogP contribution in [-0.2, 0) is 0 Å². The summed E-state index contributed by atoms with van der Waals surface area (Å²) in [5, 5.41) is 10.2. The monoisotopic (exact) mass is 201 g/mol. The largest absolute Gasteiger partial charge is 0.389 e. The molecule has 0 fully saturated rings. The lowest BCUT2D eigenvalue weighted by molar-refractivity contribution is -0.0221. The molecule has 0 saturated carbocycles. The summed E-state index contributed by atoms with van der Waals surface area (Å²) in [7, 11) is 2.10. The molecule has 0 rings (SSSR count). The van der Waals surface area contributed by atoms with E-state index in [1.54, 1.807) is 0 Å². The summed E-state index contributed by atoms with van der Waals surface area (Å²) >= 11 is 0. The highest BCUT2D eigenvalue weighted by Crippen LogP contribution is 2.22. The van der Waals surface area contributed by atoms with E-state index < -0.39 is 5.60 Å². The summed E-state index contributed by atoms with van der Waals surface area (Å²) in [5.74, 6) is 0. The standard InChI is InChI=1S/C12H27NO/c1-7-11(4,5)13(6)10-12(14,8-2)9-3/h14H,7-10H2,1-6H3. The molecule has 0 aliphatic heterocycles. The van der Waals surface area contributed by atoms with E-state index in [0.717, 1.165) is 25.8 Å². The van der Waals surface area contributed by atoms with Crippen molar-refractivity contribution >= 4 is 0 Å². The van der Waals surface area contributed by atoms with Crippen LogP contribution >= 0.6 is 0 Å². The van der Waals surface area contributed by atoms with Gasteiger partial charge in [-0.05, 0) is 40.2 Å². The summed E-state index contributed by atoms with van der Waals surface area (Å²) in [5.41, 5.74) is -0.334. The van der Waals surface area contributed by atoms with Crippen LogP contribution in [0, 0.1) is 0 Å². The van der Waals surface area contributed by atoms with Gasteiger partial charge in [-0.15, -0.1) is 0 Å². The number of hydrogen-bond donors (Lipinski definition) is 1. The average Bonchev–Trinajstić information content (AvgIpc) is 2.17. The average molecular weight is 201 g/mol. The predicted molar refractivity (Wildman–Crippen MR) is 62.5 cm³/mol. The van der Waals surface area contributed by atoms with Gasteiger partial charge in [0.25, 0.3) is 0 Å². The first-order valence-corrected chi connectivity index (χ1v) is 5.75. The number of nitrogens with zero attached hydrogens (tertiary/aromatic N) is 1. The molecule has 0 aromatic carbocycles. The lowest BCUT2D eigenvalue weighted by Gasteiger charge is -2.40. The van der Waals surface area contributed by atoms with E-state index in [2.05, 4.69) is 46.6 Å². The minimum Gasteiger partial charge on any atom is -0.389 e. The number of hydrogen-bond acceptors (Lipinski definition) is 2. The zero-order valence-electron chi connectivity index (χ0n) is 10.7. The summed E-state index contributed by atoms with van der Waals surface area (Å²) < 4.78 is 0. The van der Waals surface area contributed by atoms with Crippen molar-refractivity contribution in [3.63, 3.8) is 0 Å². The van der Waals surface area contributed by atoms with Gasteiger partial charge >= 0.3 is 0 Å². The molecule has 0 atom stereocenters. The van der Waals surface area contributed by atoms with Crippen LogP contribution in [-0.4, -0.2) is 34.7 Å². The fourth-order valence-electron chi connectivity index (χ4n) is 1.40. The summed E-state index contributed by atoms with van der Waals surface area (Å²) in [4.78, 5) is 2.26. The van der Waals surface area contributed by atoms with E-state index in [9.17, 15) is 5.11 Å². The summed E-state index contributed by atoms with van der Waals surface area (Å²) in [6.07, 6.45) is 2.76. The molecule has 0 spiro atoms. The molecule has 0 aliphatic rings. The van der Waals surface area contributed by atoms with E-state index >= 15 is 0 Å². The molecule has 0 aromatic heterocycles. The molecular formula is C12H27NO. The normalized spacial score (nSPS) is 13.7. The quantitative estimate of drug-likeness (QED) is 0.714. The third-order valence-corrected chi connectivity index (χ3v) is 3.75. The molecule has 0 bridgehead atoms. The highest BCUT2D eigenvalue weighted by molar-refractivity contribution is 4.85. The predicted octanol–water partition coefficient (Wildman–Crippen LogP) is 2.66. The number of β-amino-alcohol motifs (C(OH)–C–C–N with tert-alkyl or cyclic N) is 1.